The molecule has 0 bridgehead atoms. The van der Waals surface area contributed by atoms with Gasteiger partial charge in [-0.25, -0.2) is 4.98 Å². The number of aliphatic hydroxyl groups excluding tert-OH is 1. The third-order valence-corrected chi connectivity index (χ3v) is 4.07. The topological polar surface area (TPSA) is 51.6 Å². The Morgan fingerprint density at radius 3 is 2.62 bits per heavy atom. The highest BCUT2D eigenvalue weighted by Crippen LogP contribution is 2.19. The minimum Gasteiger partial charge on any atom is -0.395 e. The Hall–Kier alpha value is -0.880. The van der Waals surface area contributed by atoms with Crippen LogP contribution in [-0.4, -0.2) is 65.8 Å². The molecule has 21 heavy (non-hydrogen) atoms. The molecule has 0 aliphatic carbocycles. The highest BCUT2D eigenvalue weighted by Gasteiger charge is 2.18. The number of β-amino-alcohol motifs (C(OH)–C–C–N with tert-alkyl or cyclic N) is 1. The van der Waals surface area contributed by atoms with Crippen LogP contribution in [0.5, 0.6) is 0 Å². The number of nitrogens with zero attached hydrogens (tertiary/aromatic N) is 3. The van der Waals surface area contributed by atoms with Crippen LogP contribution < -0.4 is 5.32 Å². The second-order valence-electron chi connectivity index (χ2n) is 5.39. The fourth-order valence-corrected chi connectivity index (χ4v) is 2.64. The molecule has 1 aromatic rings. The third-order valence-electron chi connectivity index (χ3n) is 3.73. The lowest BCUT2D eigenvalue weighted by atomic mass is 10.2. The number of piperazine rings is 1. The molecule has 5 nitrogen and oxygen atoms in total. The maximum atomic E-state index is 8.97. The summed E-state index contributed by atoms with van der Waals surface area (Å²) in [5.41, 5.74) is 0.938. The van der Waals surface area contributed by atoms with E-state index in [1.54, 1.807) is 0 Å². The largest absolute Gasteiger partial charge is 0.395 e. The zero-order chi connectivity index (χ0) is 15.1. The van der Waals surface area contributed by atoms with E-state index in [9.17, 15) is 0 Å². The molecule has 2 heterocycles. The SMILES string of the molecule is CCCNc1ccc(Cl)c(CN2CCN(CCO)CC2)n1. The van der Waals surface area contributed by atoms with Gasteiger partial charge in [0.1, 0.15) is 5.82 Å². The minimum absolute atomic E-state index is 0.235. The second-order valence-corrected chi connectivity index (χ2v) is 5.80. The van der Waals surface area contributed by atoms with E-state index in [0.29, 0.717) is 0 Å². The van der Waals surface area contributed by atoms with Crippen LogP contribution in [0, 0.1) is 0 Å². The molecule has 2 N–H and O–H groups in total. The fourth-order valence-electron chi connectivity index (χ4n) is 2.47. The number of pyridine rings is 1. The third kappa shape index (κ3) is 5.11. The number of halogens is 1. The lowest BCUT2D eigenvalue weighted by Crippen LogP contribution is -2.46. The molecule has 1 saturated heterocycles. The first kappa shape index (κ1) is 16.5. The van der Waals surface area contributed by atoms with E-state index in [1.165, 1.54) is 0 Å². The Morgan fingerprint density at radius 1 is 1.24 bits per heavy atom. The summed E-state index contributed by atoms with van der Waals surface area (Å²) in [7, 11) is 0. The number of nitrogens with one attached hydrogen (secondary N) is 1. The van der Waals surface area contributed by atoms with Gasteiger partial charge in [-0.15, -0.1) is 0 Å². The maximum absolute atomic E-state index is 8.97. The van der Waals surface area contributed by atoms with Crippen molar-refractivity contribution in [2.45, 2.75) is 19.9 Å². The molecule has 1 fully saturated rings. The molecule has 1 aromatic heterocycles. The summed E-state index contributed by atoms with van der Waals surface area (Å²) in [5.74, 6) is 0.898. The van der Waals surface area contributed by atoms with Crippen molar-refractivity contribution >= 4 is 17.4 Å². The lowest BCUT2D eigenvalue weighted by molar-refractivity contribution is 0.108. The molecule has 6 heteroatoms. The Labute approximate surface area is 131 Å². The van der Waals surface area contributed by atoms with Crippen LogP contribution in [0.4, 0.5) is 5.82 Å². The van der Waals surface area contributed by atoms with Crippen LogP contribution >= 0.6 is 11.6 Å². The van der Waals surface area contributed by atoms with E-state index in [4.69, 9.17) is 16.7 Å². The minimum atomic E-state index is 0.235. The molecule has 0 radical (unpaired) electrons. The van der Waals surface area contributed by atoms with Gasteiger partial charge in [0.2, 0.25) is 0 Å². The van der Waals surface area contributed by atoms with Crippen LogP contribution in [0.2, 0.25) is 5.02 Å². The molecule has 0 aromatic carbocycles. The molecule has 1 aliphatic rings. The fraction of sp³-hybridized carbons (Fsp3) is 0.667. The van der Waals surface area contributed by atoms with Crippen molar-refractivity contribution in [1.82, 2.24) is 14.8 Å². The quantitative estimate of drug-likeness (QED) is 0.802. The molecule has 1 aliphatic heterocycles. The second kappa shape index (κ2) is 8.54. The van der Waals surface area contributed by atoms with Crippen LogP contribution in [0.1, 0.15) is 19.0 Å². The maximum Gasteiger partial charge on any atom is 0.126 e. The van der Waals surface area contributed by atoms with Crippen LogP contribution in [0.15, 0.2) is 12.1 Å². The molecular weight excluding hydrogens is 288 g/mol. The van der Waals surface area contributed by atoms with E-state index < -0.39 is 0 Å². The van der Waals surface area contributed by atoms with Crippen molar-refractivity contribution in [3.05, 3.63) is 22.8 Å². The molecule has 2 rings (SSSR count). The molecule has 0 atom stereocenters. The predicted molar refractivity (Wildman–Crippen MR) is 86.8 cm³/mol. The predicted octanol–water partition coefficient (Wildman–Crippen LogP) is 1.67. The van der Waals surface area contributed by atoms with Crippen molar-refractivity contribution in [3.8, 4) is 0 Å². The number of hydrogen-bond acceptors (Lipinski definition) is 5. The van der Waals surface area contributed by atoms with Gasteiger partial charge in [-0.05, 0) is 18.6 Å². The summed E-state index contributed by atoms with van der Waals surface area (Å²) < 4.78 is 0. The van der Waals surface area contributed by atoms with Gasteiger partial charge in [-0.2, -0.15) is 0 Å². The molecule has 0 saturated carbocycles. The highest BCUT2D eigenvalue weighted by atomic mass is 35.5. The Kier molecular flexibility index (Phi) is 6.70. The number of aliphatic hydroxyl groups is 1. The first-order chi connectivity index (χ1) is 10.2. The van der Waals surface area contributed by atoms with Crippen molar-refractivity contribution in [2.75, 3.05) is 51.2 Å². The first-order valence-electron chi connectivity index (χ1n) is 7.67. The zero-order valence-electron chi connectivity index (χ0n) is 12.7. The van der Waals surface area contributed by atoms with Gasteiger partial charge < -0.3 is 10.4 Å². The monoisotopic (exact) mass is 312 g/mol. The van der Waals surface area contributed by atoms with Crippen molar-refractivity contribution in [3.63, 3.8) is 0 Å². The van der Waals surface area contributed by atoms with Gasteiger partial charge in [-0.3, -0.25) is 9.80 Å². The molecular formula is C15H25ClN4O. The number of anilines is 1. The van der Waals surface area contributed by atoms with Gasteiger partial charge in [0.25, 0.3) is 0 Å². The molecule has 0 spiro atoms. The lowest BCUT2D eigenvalue weighted by Gasteiger charge is -2.34. The number of hydrogen-bond donors (Lipinski definition) is 2. The van der Waals surface area contributed by atoms with Gasteiger partial charge in [0, 0.05) is 45.8 Å². The first-order valence-corrected chi connectivity index (χ1v) is 8.05. The molecule has 0 unspecified atom stereocenters. The smallest absolute Gasteiger partial charge is 0.126 e. The summed E-state index contributed by atoms with van der Waals surface area (Å²) in [6.07, 6.45) is 1.08. The van der Waals surface area contributed by atoms with E-state index in [2.05, 4.69) is 27.0 Å². The average molecular weight is 313 g/mol. The summed E-state index contributed by atoms with van der Waals surface area (Å²) >= 11 is 6.27. The highest BCUT2D eigenvalue weighted by molar-refractivity contribution is 6.31. The van der Waals surface area contributed by atoms with E-state index in [0.717, 1.165) is 68.8 Å². The Morgan fingerprint density at radius 2 is 1.95 bits per heavy atom. The van der Waals surface area contributed by atoms with E-state index >= 15 is 0 Å². The van der Waals surface area contributed by atoms with Crippen molar-refractivity contribution < 1.29 is 5.11 Å². The van der Waals surface area contributed by atoms with Gasteiger partial charge in [0.15, 0.2) is 0 Å². The molecule has 0 amide bonds. The summed E-state index contributed by atoms with van der Waals surface area (Å²) in [5, 5.41) is 13.0. The summed E-state index contributed by atoms with van der Waals surface area (Å²) in [4.78, 5) is 9.27. The number of aromatic nitrogens is 1. The average Bonchev–Trinajstić information content (AvgIpc) is 2.50. The Bertz CT molecular complexity index is 436. The van der Waals surface area contributed by atoms with Gasteiger partial charge in [0.05, 0.1) is 17.3 Å². The van der Waals surface area contributed by atoms with Crippen LogP contribution in [-0.2, 0) is 6.54 Å². The zero-order valence-corrected chi connectivity index (χ0v) is 13.4. The normalized spacial score (nSPS) is 17.1. The van der Waals surface area contributed by atoms with E-state index in [1.807, 2.05) is 12.1 Å². The Balaban J connectivity index is 1.90. The van der Waals surface area contributed by atoms with Crippen molar-refractivity contribution in [2.24, 2.45) is 0 Å². The van der Waals surface area contributed by atoms with Crippen LogP contribution in [0.3, 0.4) is 0 Å². The summed E-state index contributed by atoms with van der Waals surface area (Å²) in [6.45, 7) is 8.81. The molecule has 118 valence electrons. The number of rotatable bonds is 7. The van der Waals surface area contributed by atoms with Crippen LogP contribution in [0.25, 0.3) is 0 Å². The standard InChI is InChI=1S/C15H25ClN4O/c1-2-5-17-15-4-3-13(16)14(18-15)12-20-8-6-19(7-9-20)10-11-21/h3-4,21H,2,5-12H2,1H3,(H,17,18). The van der Waals surface area contributed by atoms with Crippen molar-refractivity contribution in [1.29, 1.82) is 0 Å². The summed E-state index contributed by atoms with van der Waals surface area (Å²) in [6, 6.07) is 3.85. The van der Waals surface area contributed by atoms with Gasteiger partial charge in [-0.1, -0.05) is 18.5 Å². The van der Waals surface area contributed by atoms with Gasteiger partial charge >= 0.3 is 0 Å². The van der Waals surface area contributed by atoms with E-state index in [-0.39, 0.29) is 6.61 Å².